The summed E-state index contributed by atoms with van der Waals surface area (Å²) in [6, 6.07) is 0. The minimum atomic E-state index is -0.488. The van der Waals surface area contributed by atoms with Gasteiger partial charge in [0.1, 0.15) is 6.10 Å². The summed E-state index contributed by atoms with van der Waals surface area (Å²) in [5, 5.41) is 0. The van der Waals surface area contributed by atoms with E-state index in [0.717, 1.165) is 39.3 Å². The fraction of sp³-hybridized carbons (Fsp3) is 0.917. The first-order valence-electron chi connectivity index (χ1n) is 6.47. The van der Waals surface area contributed by atoms with Crippen molar-refractivity contribution >= 4 is 5.91 Å². The summed E-state index contributed by atoms with van der Waals surface area (Å²) in [5.74, 6) is 0.0206. The number of ether oxygens (including phenoxy) is 1. The van der Waals surface area contributed by atoms with Crippen LogP contribution in [0.5, 0.6) is 0 Å². The van der Waals surface area contributed by atoms with Crippen molar-refractivity contribution in [2.45, 2.75) is 6.10 Å². The van der Waals surface area contributed by atoms with Crippen LogP contribution in [-0.2, 0) is 9.53 Å². The third kappa shape index (κ3) is 4.53. The minimum absolute atomic E-state index is 0.0206. The highest BCUT2D eigenvalue weighted by Gasteiger charge is 2.26. The topological polar surface area (TPSA) is 62.0 Å². The summed E-state index contributed by atoms with van der Waals surface area (Å²) in [7, 11) is 5.68. The average molecular weight is 258 g/mol. The molecule has 1 heterocycles. The molecule has 0 spiro atoms. The van der Waals surface area contributed by atoms with Crippen LogP contribution in [0.4, 0.5) is 0 Å². The molecule has 1 amide bonds. The zero-order chi connectivity index (χ0) is 13.5. The fourth-order valence-electron chi connectivity index (χ4n) is 2.03. The van der Waals surface area contributed by atoms with Gasteiger partial charge in [0, 0.05) is 52.9 Å². The Morgan fingerprint density at radius 1 is 1.33 bits per heavy atom. The van der Waals surface area contributed by atoms with Crippen LogP contribution in [0.25, 0.3) is 0 Å². The molecule has 1 atom stereocenters. The van der Waals surface area contributed by atoms with Gasteiger partial charge >= 0.3 is 0 Å². The molecule has 1 unspecified atom stereocenters. The Morgan fingerprint density at radius 2 is 1.94 bits per heavy atom. The lowest BCUT2D eigenvalue weighted by molar-refractivity contribution is -0.143. The Kier molecular flexibility index (Phi) is 6.56. The highest BCUT2D eigenvalue weighted by molar-refractivity contribution is 5.81. The maximum Gasteiger partial charge on any atom is 0.253 e. The molecule has 6 heteroatoms. The molecule has 0 aromatic carbocycles. The van der Waals surface area contributed by atoms with Crippen molar-refractivity contribution in [3.8, 4) is 0 Å². The maximum absolute atomic E-state index is 12.0. The number of nitrogens with two attached hydrogens (primary N) is 1. The normalized spacial score (nSPS) is 19.3. The second kappa shape index (κ2) is 7.68. The Balaban J connectivity index is 2.32. The van der Waals surface area contributed by atoms with Gasteiger partial charge in [-0.2, -0.15) is 0 Å². The number of carbonyl (C=O) groups is 1. The lowest BCUT2D eigenvalue weighted by atomic mass is 10.2. The zero-order valence-electron chi connectivity index (χ0n) is 11.8. The highest BCUT2D eigenvalue weighted by Crippen LogP contribution is 2.05. The number of hydrogen-bond acceptors (Lipinski definition) is 5. The van der Waals surface area contributed by atoms with Crippen LogP contribution < -0.4 is 5.73 Å². The standard InChI is InChI=1S/C12H26N4O2/c1-14(2)4-5-15-6-8-16(9-7-15)12(17)11(10-13)18-3/h11H,4-10,13H2,1-3H3. The van der Waals surface area contributed by atoms with Gasteiger partial charge in [-0.25, -0.2) is 0 Å². The molecule has 18 heavy (non-hydrogen) atoms. The molecule has 1 aliphatic heterocycles. The molecule has 0 aromatic rings. The largest absolute Gasteiger partial charge is 0.370 e. The van der Waals surface area contributed by atoms with E-state index >= 15 is 0 Å². The molecule has 0 radical (unpaired) electrons. The van der Waals surface area contributed by atoms with Crippen LogP contribution in [0.2, 0.25) is 0 Å². The van der Waals surface area contributed by atoms with Crippen LogP contribution in [0, 0.1) is 0 Å². The number of piperazine rings is 1. The molecule has 1 rings (SSSR count). The number of rotatable bonds is 6. The van der Waals surface area contributed by atoms with E-state index < -0.39 is 6.10 Å². The predicted octanol–water partition coefficient (Wildman–Crippen LogP) is -1.33. The van der Waals surface area contributed by atoms with E-state index in [2.05, 4.69) is 23.9 Å². The third-order valence-electron chi connectivity index (χ3n) is 3.32. The van der Waals surface area contributed by atoms with Gasteiger partial charge < -0.3 is 20.3 Å². The SMILES string of the molecule is COC(CN)C(=O)N1CCN(CCN(C)C)CC1. The van der Waals surface area contributed by atoms with Gasteiger partial charge in [0.15, 0.2) is 0 Å². The number of amides is 1. The van der Waals surface area contributed by atoms with Crippen molar-refractivity contribution in [2.75, 3.05) is 67.0 Å². The van der Waals surface area contributed by atoms with Crippen molar-refractivity contribution in [1.29, 1.82) is 0 Å². The van der Waals surface area contributed by atoms with E-state index in [-0.39, 0.29) is 12.5 Å². The molecule has 0 bridgehead atoms. The summed E-state index contributed by atoms with van der Waals surface area (Å²) in [4.78, 5) is 18.4. The maximum atomic E-state index is 12.0. The summed E-state index contributed by atoms with van der Waals surface area (Å²) in [6.07, 6.45) is -0.488. The minimum Gasteiger partial charge on any atom is -0.370 e. The van der Waals surface area contributed by atoms with E-state index in [1.54, 1.807) is 0 Å². The first kappa shape index (κ1) is 15.4. The molecule has 1 saturated heterocycles. The van der Waals surface area contributed by atoms with E-state index in [4.69, 9.17) is 10.5 Å². The van der Waals surface area contributed by atoms with Crippen molar-refractivity contribution in [3.63, 3.8) is 0 Å². The van der Waals surface area contributed by atoms with E-state index in [9.17, 15) is 4.79 Å². The van der Waals surface area contributed by atoms with E-state index in [1.807, 2.05) is 4.90 Å². The fourth-order valence-corrected chi connectivity index (χ4v) is 2.03. The van der Waals surface area contributed by atoms with Crippen molar-refractivity contribution < 1.29 is 9.53 Å². The van der Waals surface area contributed by atoms with Gasteiger partial charge in [0.25, 0.3) is 5.91 Å². The number of nitrogens with zero attached hydrogens (tertiary/aromatic N) is 3. The highest BCUT2D eigenvalue weighted by atomic mass is 16.5. The second-order valence-electron chi connectivity index (χ2n) is 4.93. The third-order valence-corrected chi connectivity index (χ3v) is 3.32. The van der Waals surface area contributed by atoms with E-state index in [1.165, 1.54) is 7.11 Å². The molecule has 1 fully saturated rings. The van der Waals surface area contributed by atoms with Crippen molar-refractivity contribution in [2.24, 2.45) is 5.73 Å². The smallest absolute Gasteiger partial charge is 0.253 e. The lowest BCUT2D eigenvalue weighted by Crippen LogP contribution is -2.53. The number of hydrogen-bond donors (Lipinski definition) is 1. The molecule has 0 saturated carbocycles. The van der Waals surface area contributed by atoms with Crippen molar-refractivity contribution in [3.05, 3.63) is 0 Å². The second-order valence-corrected chi connectivity index (χ2v) is 4.93. The van der Waals surface area contributed by atoms with Crippen LogP contribution in [-0.4, -0.2) is 93.7 Å². The van der Waals surface area contributed by atoms with Gasteiger partial charge in [0.05, 0.1) is 0 Å². The summed E-state index contributed by atoms with van der Waals surface area (Å²) < 4.78 is 5.08. The predicted molar refractivity (Wildman–Crippen MR) is 71.4 cm³/mol. The van der Waals surface area contributed by atoms with Gasteiger partial charge in [-0.1, -0.05) is 0 Å². The lowest BCUT2D eigenvalue weighted by Gasteiger charge is -2.36. The summed E-state index contributed by atoms with van der Waals surface area (Å²) >= 11 is 0. The molecule has 2 N–H and O–H groups in total. The first-order chi connectivity index (χ1) is 8.58. The number of methoxy groups -OCH3 is 1. The Hall–Kier alpha value is -0.690. The van der Waals surface area contributed by atoms with Crippen LogP contribution in [0.1, 0.15) is 0 Å². The molecule has 0 aromatic heterocycles. The monoisotopic (exact) mass is 258 g/mol. The quantitative estimate of drug-likeness (QED) is 0.639. The van der Waals surface area contributed by atoms with Crippen LogP contribution in [0.3, 0.4) is 0 Å². The molecule has 1 aliphatic rings. The molecule has 106 valence electrons. The average Bonchev–Trinajstić information content (AvgIpc) is 2.38. The Morgan fingerprint density at radius 3 is 2.39 bits per heavy atom. The zero-order valence-corrected chi connectivity index (χ0v) is 11.8. The molecular formula is C12H26N4O2. The molecule has 6 nitrogen and oxygen atoms in total. The van der Waals surface area contributed by atoms with Gasteiger partial charge in [-0.3, -0.25) is 9.69 Å². The van der Waals surface area contributed by atoms with Crippen LogP contribution in [0.15, 0.2) is 0 Å². The van der Waals surface area contributed by atoms with Gasteiger partial charge in [-0.05, 0) is 14.1 Å². The van der Waals surface area contributed by atoms with Crippen LogP contribution >= 0.6 is 0 Å². The van der Waals surface area contributed by atoms with Gasteiger partial charge in [0.2, 0.25) is 0 Å². The Labute approximate surface area is 110 Å². The number of likely N-dealkylation sites (N-methyl/N-ethyl adjacent to an activating group) is 1. The summed E-state index contributed by atoms with van der Waals surface area (Å²) in [6.45, 7) is 5.76. The molecular weight excluding hydrogens is 232 g/mol. The first-order valence-corrected chi connectivity index (χ1v) is 6.47. The summed E-state index contributed by atoms with van der Waals surface area (Å²) in [5.41, 5.74) is 5.51. The molecule has 0 aliphatic carbocycles. The van der Waals surface area contributed by atoms with Gasteiger partial charge in [-0.15, -0.1) is 0 Å². The van der Waals surface area contributed by atoms with Crippen molar-refractivity contribution in [1.82, 2.24) is 14.7 Å². The van der Waals surface area contributed by atoms with E-state index in [0.29, 0.717) is 0 Å². The Bertz CT molecular complexity index is 248. The number of carbonyl (C=O) groups excluding carboxylic acids is 1.